The average Bonchev–Trinajstić information content (AvgIpc) is 3.01. The Hall–Kier alpha value is -2.17. The molecule has 29 heavy (non-hydrogen) atoms. The number of carbonyl (C=O) groups is 1. The number of hydrogen-bond donors (Lipinski definition) is 2. The summed E-state index contributed by atoms with van der Waals surface area (Å²) in [6.45, 7) is 3.97. The smallest absolute Gasteiger partial charge is 0.254 e. The summed E-state index contributed by atoms with van der Waals surface area (Å²) >= 11 is 0. The standard InChI is InChI=1S/C25H33N3O/c1-25-18-22(20-8-4-2-5-9-20)28(23(25)10-6-3-7-17-27-25)24(29)21-13-11-19(12-14-21)15-16-26/h2,4-5,8-9,11-14,22-23,27H,3,6-7,10,15-18,26H2,1H3/t22-,23-,25-/m0/s1. The molecule has 4 nitrogen and oxygen atoms in total. The highest BCUT2D eigenvalue weighted by atomic mass is 16.2. The summed E-state index contributed by atoms with van der Waals surface area (Å²) in [5, 5.41) is 3.81. The minimum absolute atomic E-state index is 0.0456. The first kappa shape index (κ1) is 20.1. The highest BCUT2D eigenvalue weighted by molar-refractivity contribution is 5.95. The van der Waals surface area contributed by atoms with Gasteiger partial charge in [-0.25, -0.2) is 0 Å². The number of nitrogens with zero attached hydrogens (tertiary/aromatic N) is 1. The van der Waals surface area contributed by atoms with Gasteiger partial charge in [-0.1, -0.05) is 55.3 Å². The summed E-state index contributed by atoms with van der Waals surface area (Å²) in [5.74, 6) is 0.147. The molecule has 0 aliphatic carbocycles. The van der Waals surface area contributed by atoms with Crippen molar-refractivity contribution in [1.29, 1.82) is 0 Å². The van der Waals surface area contributed by atoms with Crippen molar-refractivity contribution in [3.63, 3.8) is 0 Å². The lowest BCUT2D eigenvalue weighted by Gasteiger charge is -2.38. The molecule has 3 atom stereocenters. The minimum Gasteiger partial charge on any atom is -0.330 e. The number of nitrogens with one attached hydrogen (secondary N) is 1. The second-order valence-corrected chi connectivity index (χ2v) is 8.79. The second-order valence-electron chi connectivity index (χ2n) is 8.79. The molecule has 4 rings (SSSR count). The molecule has 0 radical (unpaired) electrons. The van der Waals surface area contributed by atoms with E-state index in [0.29, 0.717) is 6.54 Å². The molecular formula is C25H33N3O. The van der Waals surface area contributed by atoms with E-state index in [0.717, 1.165) is 31.4 Å². The molecule has 3 N–H and O–H groups in total. The van der Waals surface area contributed by atoms with Gasteiger partial charge in [0, 0.05) is 11.1 Å². The summed E-state index contributed by atoms with van der Waals surface area (Å²) in [4.78, 5) is 16.0. The van der Waals surface area contributed by atoms with Gasteiger partial charge >= 0.3 is 0 Å². The minimum atomic E-state index is -0.0456. The summed E-state index contributed by atoms with van der Waals surface area (Å²) in [7, 11) is 0. The first-order chi connectivity index (χ1) is 14.1. The van der Waals surface area contributed by atoms with Crippen LogP contribution < -0.4 is 11.1 Å². The molecule has 2 aromatic rings. The van der Waals surface area contributed by atoms with E-state index >= 15 is 0 Å². The lowest BCUT2D eigenvalue weighted by molar-refractivity contribution is 0.0612. The monoisotopic (exact) mass is 391 g/mol. The van der Waals surface area contributed by atoms with Crippen LogP contribution in [0.4, 0.5) is 0 Å². The van der Waals surface area contributed by atoms with Gasteiger partial charge in [-0.05, 0) is 69.0 Å². The van der Waals surface area contributed by atoms with Crippen LogP contribution in [0.3, 0.4) is 0 Å². The Morgan fingerprint density at radius 2 is 1.86 bits per heavy atom. The number of hydrogen-bond acceptors (Lipinski definition) is 3. The molecule has 2 heterocycles. The normalized spacial score (nSPS) is 27.2. The number of likely N-dealkylation sites (tertiary alicyclic amines) is 1. The van der Waals surface area contributed by atoms with Crippen LogP contribution in [0.2, 0.25) is 0 Å². The molecule has 0 bridgehead atoms. The van der Waals surface area contributed by atoms with Crippen LogP contribution in [-0.2, 0) is 6.42 Å². The molecule has 1 amide bonds. The zero-order chi connectivity index (χ0) is 20.3. The fraction of sp³-hybridized carbons (Fsp3) is 0.480. The van der Waals surface area contributed by atoms with Crippen molar-refractivity contribution < 1.29 is 4.79 Å². The topological polar surface area (TPSA) is 58.4 Å². The van der Waals surface area contributed by atoms with E-state index in [9.17, 15) is 4.79 Å². The number of fused-ring (bicyclic) bond motifs is 1. The lowest BCUT2D eigenvalue weighted by Crippen LogP contribution is -2.54. The van der Waals surface area contributed by atoms with Gasteiger partial charge in [0.25, 0.3) is 5.91 Å². The molecule has 154 valence electrons. The maximum absolute atomic E-state index is 13.8. The Bertz CT molecular complexity index is 820. The van der Waals surface area contributed by atoms with Gasteiger partial charge in [0.15, 0.2) is 0 Å². The van der Waals surface area contributed by atoms with E-state index in [-0.39, 0.29) is 23.5 Å². The van der Waals surface area contributed by atoms with Crippen LogP contribution in [0, 0.1) is 0 Å². The van der Waals surface area contributed by atoms with E-state index in [1.165, 1.54) is 30.4 Å². The van der Waals surface area contributed by atoms with Crippen LogP contribution in [-0.4, -0.2) is 35.5 Å². The van der Waals surface area contributed by atoms with Crippen LogP contribution in [0.5, 0.6) is 0 Å². The first-order valence-corrected chi connectivity index (χ1v) is 11.0. The van der Waals surface area contributed by atoms with Crippen LogP contribution in [0.25, 0.3) is 0 Å². The Balaban J connectivity index is 1.70. The maximum Gasteiger partial charge on any atom is 0.254 e. The van der Waals surface area contributed by atoms with Crippen molar-refractivity contribution in [2.24, 2.45) is 5.73 Å². The molecular weight excluding hydrogens is 358 g/mol. The highest BCUT2D eigenvalue weighted by Gasteiger charge is 2.51. The number of benzene rings is 2. The van der Waals surface area contributed by atoms with Crippen molar-refractivity contribution >= 4 is 5.91 Å². The highest BCUT2D eigenvalue weighted by Crippen LogP contribution is 2.45. The Morgan fingerprint density at radius 1 is 1.10 bits per heavy atom. The van der Waals surface area contributed by atoms with E-state index < -0.39 is 0 Å². The van der Waals surface area contributed by atoms with Crippen LogP contribution in [0.1, 0.15) is 66.6 Å². The van der Waals surface area contributed by atoms with Gasteiger partial charge in [0.05, 0.1) is 12.1 Å². The SMILES string of the molecule is C[C@]12C[C@@H](c3ccccc3)N(C(=O)c3ccc(CCN)cc3)[C@H]1CCCCCN2. The van der Waals surface area contributed by atoms with Crippen molar-refractivity contribution in [1.82, 2.24) is 10.2 Å². The molecule has 2 aromatic carbocycles. The summed E-state index contributed by atoms with van der Waals surface area (Å²) in [6, 6.07) is 18.9. The van der Waals surface area contributed by atoms with Crippen molar-refractivity contribution in [2.75, 3.05) is 13.1 Å². The van der Waals surface area contributed by atoms with Crippen LogP contribution >= 0.6 is 0 Å². The summed E-state index contributed by atoms with van der Waals surface area (Å²) in [6.07, 6.45) is 6.49. The van der Waals surface area contributed by atoms with Crippen molar-refractivity contribution in [2.45, 2.75) is 63.1 Å². The Kier molecular flexibility index (Phi) is 6.02. The zero-order valence-electron chi connectivity index (χ0n) is 17.4. The predicted octanol–water partition coefficient (Wildman–Crippen LogP) is 4.07. The molecule has 0 saturated carbocycles. The van der Waals surface area contributed by atoms with Gasteiger partial charge in [-0.15, -0.1) is 0 Å². The van der Waals surface area contributed by atoms with Gasteiger partial charge in [0.2, 0.25) is 0 Å². The van der Waals surface area contributed by atoms with E-state index in [2.05, 4.69) is 41.4 Å². The second kappa shape index (κ2) is 8.68. The Morgan fingerprint density at radius 3 is 2.59 bits per heavy atom. The van der Waals surface area contributed by atoms with Crippen molar-refractivity contribution in [3.05, 3.63) is 71.3 Å². The molecule has 0 unspecified atom stereocenters. The van der Waals surface area contributed by atoms with Gasteiger partial charge in [0.1, 0.15) is 0 Å². The third kappa shape index (κ3) is 4.10. The molecule has 2 aliphatic heterocycles. The van der Waals surface area contributed by atoms with Gasteiger partial charge in [-0.2, -0.15) is 0 Å². The number of amides is 1. The predicted molar refractivity (Wildman–Crippen MR) is 118 cm³/mol. The van der Waals surface area contributed by atoms with E-state index in [4.69, 9.17) is 5.73 Å². The summed E-state index contributed by atoms with van der Waals surface area (Å²) < 4.78 is 0. The maximum atomic E-state index is 13.8. The molecule has 2 fully saturated rings. The molecule has 0 spiro atoms. The largest absolute Gasteiger partial charge is 0.330 e. The molecule has 2 saturated heterocycles. The fourth-order valence-corrected chi connectivity index (χ4v) is 5.19. The quantitative estimate of drug-likeness (QED) is 0.826. The molecule has 2 aliphatic rings. The number of rotatable bonds is 4. The van der Waals surface area contributed by atoms with E-state index in [1.807, 2.05) is 30.3 Å². The average molecular weight is 392 g/mol. The lowest BCUT2D eigenvalue weighted by atomic mass is 9.85. The third-order valence-corrected chi connectivity index (χ3v) is 6.76. The van der Waals surface area contributed by atoms with Gasteiger partial charge in [-0.3, -0.25) is 4.79 Å². The first-order valence-electron chi connectivity index (χ1n) is 11.0. The summed E-state index contributed by atoms with van der Waals surface area (Å²) in [5.41, 5.74) is 8.82. The third-order valence-electron chi connectivity index (χ3n) is 6.76. The number of carbonyl (C=O) groups excluding carboxylic acids is 1. The fourth-order valence-electron chi connectivity index (χ4n) is 5.19. The molecule has 0 aromatic heterocycles. The van der Waals surface area contributed by atoms with E-state index in [1.54, 1.807) is 0 Å². The molecule has 4 heteroatoms. The number of nitrogens with two attached hydrogens (primary N) is 1. The van der Waals surface area contributed by atoms with Gasteiger partial charge < -0.3 is 16.0 Å². The van der Waals surface area contributed by atoms with Crippen molar-refractivity contribution in [3.8, 4) is 0 Å². The zero-order valence-corrected chi connectivity index (χ0v) is 17.4. The van der Waals surface area contributed by atoms with Crippen LogP contribution in [0.15, 0.2) is 54.6 Å². The Labute approximate surface area is 174 Å².